The van der Waals surface area contributed by atoms with Crippen LogP contribution in [-0.4, -0.2) is 59.3 Å². The standard InChI is InChI=1S/C17H30N2O2S/c1-14-5-9-18(10-6-14)7-3-4-8-19-12-16(11-17(19)21)13-22-15(2)20/h14,16H,3-13H2,1-2H3. The zero-order valence-electron chi connectivity index (χ0n) is 14.1. The first kappa shape index (κ1) is 17.8. The zero-order valence-corrected chi connectivity index (χ0v) is 14.9. The average Bonchev–Trinajstić information content (AvgIpc) is 2.84. The molecule has 1 unspecified atom stereocenters. The maximum absolute atomic E-state index is 12.0. The largest absolute Gasteiger partial charge is 0.342 e. The van der Waals surface area contributed by atoms with Crippen LogP contribution in [0.2, 0.25) is 0 Å². The molecule has 2 fully saturated rings. The van der Waals surface area contributed by atoms with Gasteiger partial charge in [-0.15, -0.1) is 0 Å². The van der Waals surface area contributed by atoms with Crippen LogP contribution in [0.15, 0.2) is 0 Å². The van der Waals surface area contributed by atoms with E-state index in [0.717, 1.165) is 31.2 Å². The molecule has 4 nitrogen and oxygen atoms in total. The summed E-state index contributed by atoms with van der Waals surface area (Å²) in [5, 5.41) is 0.154. The fourth-order valence-corrected chi connectivity index (χ4v) is 4.03. The van der Waals surface area contributed by atoms with Crippen LogP contribution in [0, 0.1) is 11.8 Å². The predicted molar refractivity (Wildman–Crippen MR) is 91.9 cm³/mol. The van der Waals surface area contributed by atoms with Crippen LogP contribution in [0.25, 0.3) is 0 Å². The first-order valence-electron chi connectivity index (χ1n) is 8.68. The van der Waals surface area contributed by atoms with Crippen molar-refractivity contribution in [2.75, 3.05) is 38.5 Å². The number of unbranched alkanes of at least 4 members (excludes halogenated alkanes) is 1. The Morgan fingerprint density at radius 1 is 1.23 bits per heavy atom. The molecule has 2 rings (SSSR count). The van der Waals surface area contributed by atoms with E-state index in [-0.39, 0.29) is 11.0 Å². The van der Waals surface area contributed by atoms with Gasteiger partial charge in [-0.25, -0.2) is 0 Å². The third kappa shape index (κ3) is 5.92. The highest BCUT2D eigenvalue weighted by molar-refractivity contribution is 8.13. The van der Waals surface area contributed by atoms with Crippen LogP contribution in [-0.2, 0) is 9.59 Å². The van der Waals surface area contributed by atoms with Gasteiger partial charge in [-0.3, -0.25) is 9.59 Å². The summed E-state index contributed by atoms with van der Waals surface area (Å²) in [4.78, 5) is 27.6. The number of carbonyl (C=O) groups is 2. The van der Waals surface area contributed by atoms with Gasteiger partial charge in [-0.2, -0.15) is 0 Å². The van der Waals surface area contributed by atoms with E-state index in [1.54, 1.807) is 6.92 Å². The van der Waals surface area contributed by atoms with Gasteiger partial charge in [-0.1, -0.05) is 18.7 Å². The Morgan fingerprint density at radius 3 is 2.59 bits per heavy atom. The van der Waals surface area contributed by atoms with Gasteiger partial charge < -0.3 is 9.80 Å². The summed E-state index contributed by atoms with van der Waals surface area (Å²) in [5.41, 5.74) is 0. The Labute approximate surface area is 139 Å². The van der Waals surface area contributed by atoms with Crippen molar-refractivity contribution in [3.8, 4) is 0 Å². The highest BCUT2D eigenvalue weighted by Crippen LogP contribution is 2.22. The third-order valence-corrected chi connectivity index (χ3v) is 5.89. The number of thioether (sulfide) groups is 1. The number of nitrogens with zero attached hydrogens (tertiary/aromatic N) is 2. The van der Waals surface area contributed by atoms with E-state index in [1.807, 2.05) is 4.90 Å². The van der Waals surface area contributed by atoms with Crippen molar-refractivity contribution in [2.24, 2.45) is 11.8 Å². The van der Waals surface area contributed by atoms with Gasteiger partial charge in [0.05, 0.1) is 0 Å². The molecule has 0 aliphatic carbocycles. The minimum atomic E-state index is 0.154. The molecule has 0 aromatic carbocycles. The second-order valence-electron chi connectivity index (χ2n) is 6.94. The number of rotatable bonds is 7. The highest BCUT2D eigenvalue weighted by atomic mass is 32.2. The Bertz CT molecular complexity index is 381. The van der Waals surface area contributed by atoms with Gasteiger partial charge in [0.2, 0.25) is 5.91 Å². The van der Waals surface area contributed by atoms with Crippen LogP contribution in [0.3, 0.4) is 0 Å². The monoisotopic (exact) mass is 326 g/mol. The maximum atomic E-state index is 12.0. The van der Waals surface area contributed by atoms with Crippen molar-refractivity contribution in [1.82, 2.24) is 9.80 Å². The minimum absolute atomic E-state index is 0.154. The molecule has 2 heterocycles. The summed E-state index contributed by atoms with van der Waals surface area (Å²) < 4.78 is 0. The molecule has 1 atom stereocenters. The fraction of sp³-hybridized carbons (Fsp3) is 0.882. The SMILES string of the molecule is CC(=O)SCC1CC(=O)N(CCCCN2CCC(C)CC2)C1. The molecular weight excluding hydrogens is 296 g/mol. The Hall–Kier alpha value is -0.550. The van der Waals surface area contributed by atoms with Crippen LogP contribution >= 0.6 is 11.8 Å². The van der Waals surface area contributed by atoms with Crippen LogP contribution in [0.5, 0.6) is 0 Å². The summed E-state index contributed by atoms with van der Waals surface area (Å²) in [6.45, 7) is 9.35. The van der Waals surface area contributed by atoms with Gasteiger partial charge in [0.15, 0.2) is 5.12 Å². The van der Waals surface area contributed by atoms with E-state index in [9.17, 15) is 9.59 Å². The third-order valence-electron chi connectivity index (χ3n) is 4.85. The summed E-state index contributed by atoms with van der Waals surface area (Å²) in [6.07, 6.45) is 5.58. The first-order valence-corrected chi connectivity index (χ1v) is 9.66. The van der Waals surface area contributed by atoms with E-state index in [4.69, 9.17) is 0 Å². The van der Waals surface area contributed by atoms with Crippen molar-refractivity contribution < 1.29 is 9.59 Å². The lowest BCUT2D eigenvalue weighted by Gasteiger charge is -2.30. The van der Waals surface area contributed by atoms with Gasteiger partial charge in [0.1, 0.15) is 0 Å². The number of hydrogen-bond acceptors (Lipinski definition) is 4. The van der Waals surface area contributed by atoms with E-state index < -0.39 is 0 Å². The molecule has 5 heteroatoms. The number of amides is 1. The van der Waals surface area contributed by atoms with Gasteiger partial charge in [-0.05, 0) is 57.2 Å². The lowest BCUT2D eigenvalue weighted by atomic mass is 9.99. The number of likely N-dealkylation sites (tertiary alicyclic amines) is 2. The summed E-state index contributed by atoms with van der Waals surface area (Å²) in [6, 6.07) is 0. The van der Waals surface area contributed by atoms with Gasteiger partial charge >= 0.3 is 0 Å². The highest BCUT2D eigenvalue weighted by Gasteiger charge is 2.29. The molecular formula is C17H30N2O2S. The molecule has 1 amide bonds. The van der Waals surface area contributed by atoms with E-state index in [2.05, 4.69) is 11.8 Å². The number of hydrogen-bond donors (Lipinski definition) is 0. The second-order valence-corrected chi connectivity index (χ2v) is 8.14. The van der Waals surface area contributed by atoms with Crippen molar-refractivity contribution in [3.05, 3.63) is 0 Å². The Morgan fingerprint density at radius 2 is 1.91 bits per heavy atom. The molecule has 0 radical (unpaired) electrons. The predicted octanol–water partition coefficient (Wildman–Crippen LogP) is 2.63. The smallest absolute Gasteiger partial charge is 0.222 e. The van der Waals surface area contributed by atoms with E-state index in [0.29, 0.717) is 12.3 Å². The van der Waals surface area contributed by atoms with Crippen LogP contribution in [0.4, 0.5) is 0 Å². The molecule has 2 aliphatic heterocycles. The topological polar surface area (TPSA) is 40.6 Å². The molecule has 22 heavy (non-hydrogen) atoms. The van der Waals surface area contributed by atoms with Crippen LogP contribution in [0.1, 0.15) is 46.0 Å². The maximum Gasteiger partial charge on any atom is 0.222 e. The molecule has 0 aromatic rings. The van der Waals surface area contributed by atoms with Gasteiger partial charge in [0, 0.05) is 32.2 Å². The van der Waals surface area contributed by atoms with Crippen LogP contribution < -0.4 is 0 Å². The molecule has 2 saturated heterocycles. The molecule has 126 valence electrons. The Balaban J connectivity index is 1.57. The summed E-state index contributed by atoms with van der Waals surface area (Å²) in [7, 11) is 0. The fourth-order valence-electron chi connectivity index (χ4n) is 3.34. The molecule has 0 N–H and O–H groups in total. The average molecular weight is 327 g/mol. The normalized spacial score (nSPS) is 24.2. The lowest BCUT2D eigenvalue weighted by molar-refractivity contribution is -0.127. The zero-order chi connectivity index (χ0) is 15.9. The van der Waals surface area contributed by atoms with Gasteiger partial charge in [0.25, 0.3) is 0 Å². The van der Waals surface area contributed by atoms with Crippen molar-refractivity contribution >= 4 is 22.8 Å². The molecule has 0 aromatic heterocycles. The quantitative estimate of drug-likeness (QED) is 0.674. The minimum Gasteiger partial charge on any atom is -0.342 e. The Kier molecular flexibility index (Phi) is 7.22. The second kappa shape index (κ2) is 8.92. The van der Waals surface area contributed by atoms with E-state index in [1.165, 1.54) is 50.7 Å². The summed E-state index contributed by atoms with van der Waals surface area (Å²) in [5.74, 6) is 2.33. The first-order chi connectivity index (χ1) is 10.5. The lowest BCUT2D eigenvalue weighted by Crippen LogP contribution is -2.34. The molecule has 0 bridgehead atoms. The van der Waals surface area contributed by atoms with Crippen molar-refractivity contribution in [3.63, 3.8) is 0 Å². The van der Waals surface area contributed by atoms with Crippen molar-refractivity contribution in [1.29, 1.82) is 0 Å². The molecule has 2 aliphatic rings. The van der Waals surface area contributed by atoms with E-state index >= 15 is 0 Å². The number of piperidine rings is 1. The molecule has 0 spiro atoms. The van der Waals surface area contributed by atoms with Crippen molar-refractivity contribution in [2.45, 2.75) is 46.0 Å². The summed E-state index contributed by atoms with van der Waals surface area (Å²) >= 11 is 1.36. The molecule has 0 saturated carbocycles. The number of carbonyl (C=O) groups excluding carboxylic acids is 2.